The van der Waals surface area contributed by atoms with Crippen molar-refractivity contribution in [3.8, 4) is 0 Å². The molecule has 0 amide bonds. The standard InChI is InChI=1S/C15H23N3Si/c1-14(12-18-11-7-10-17-18)16-13-19(2,3)15-8-5-4-6-9-15/h4-11,14,16H,12-13H2,1-3H3/t14-/m0/s1. The van der Waals surface area contributed by atoms with Crippen LogP contribution in [0.4, 0.5) is 0 Å². The quantitative estimate of drug-likeness (QED) is 0.816. The van der Waals surface area contributed by atoms with Gasteiger partial charge in [0.25, 0.3) is 0 Å². The second-order valence-electron chi connectivity index (χ2n) is 5.76. The van der Waals surface area contributed by atoms with E-state index in [1.807, 2.05) is 23.1 Å². The molecule has 19 heavy (non-hydrogen) atoms. The fourth-order valence-corrected chi connectivity index (χ4v) is 4.33. The van der Waals surface area contributed by atoms with E-state index in [1.165, 1.54) is 5.19 Å². The van der Waals surface area contributed by atoms with Gasteiger partial charge in [-0.2, -0.15) is 5.10 Å². The lowest BCUT2D eigenvalue weighted by molar-refractivity contribution is 0.473. The number of nitrogens with one attached hydrogen (secondary N) is 1. The fraction of sp³-hybridized carbons (Fsp3) is 0.400. The summed E-state index contributed by atoms with van der Waals surface area (Å²) >= 11 is 0. The first kappa shape index (κ1) is 14.0. The van der Waals surface area contributed by atoms with E-state index in [0.29, 0.717) is 6.04 Å². The average Bonchev–Trinajstić information content (AvgIpc) is 2.90. The fourth-order valence-electron chi connectivity index (χ4n) is 2.17. The van der Waals surface area contributed by atoms with Crippen molar-refractivity contribution in [3.05, 3.63) is 48.8 Å². The Morgan fingerprint density at radius 3 is 2.58 bits per heavy atom. The SMILES string of the molecule is C[C@@H](Cn1cccn1)NC[Si](C)(C)c1ccccc1. The molecule has 2 rings (SSSR count). The first-order valence-electron chi connectivity index (χ1n) is 6.84. The largest absolute Gasteiger partial charge is 0.315 e. The average molecular weight is 273 g/mol. The number of nitrogens with zero attached hydrogens (tertiary/aromatic N) is 2. The van der Waals surface area contributed by atoms with E-state index in [-0.39, 0.29) is 0 Å². The molecule has 0 bridgehead atoms. The van der Waals surface area contributed by atoms with Crippen LogP contribution < -0.4 is 10.5 Å². The van der Waals surface area contributed by atoms with Gasteiger partial charge in [-0.1, -0.05) is 48.6 Å². The third-order valence-corrected chi connectivity index (χ3v) is 6.45. The van der Waals surface area contributed by atoms with E-state index in [9.17, 15) is 0 Å². The van der Waals surface area contributed by atoms with Crippen molar-refractivity contribution in [3.63, 3.8) is 0 Å². The molecule has 0 unspecified atom stereocenters. The zero-order valence-corrected chi connectivity index (χ0v) is 13.0. The second-order valence-corrected chi connectivity index (χ2v) is 10.5. The zero-order valence-electron chi connectivity index (χ0n) is 12.0. The molecule has 0 aliphatic heterocycles. The van der Waals surface area contributed by atoms with Crippen molar-refractivity contribution >= 4 is 13.3 Å². The molecule has 2 aromatic rings. The smallest absolute Gasteiger partial charge is 0.0945 e. The molecule has 1 atom stereocenters. The summed E-state index contributed by atoms with van der Waals surface area (Å²) in [5, 5.41) is 9.42. The van der Waals surface area contributed by atoms with Gasteiger partial charge in [0.1, 0.15) is 0 Å². The van der Waals surface area contributed by atoms with Crippen LogP contribution in [0, 0.1) is 0 Å². The lowest BCUT2D eigenvalue weighted by Gasteiger charge is -2.26. The van der Waals surface area contributed by atoms with Crippen LogP contribution >= 0.6 is 0 Å². The van der Waals surface area contributed by atoms with Gasteiger partial charge >= 0.3 is 0 Å². The molecule has 1 aromatic carbocycles. The number of hydrogen-bond donors (Lipinski definition) is 1. The van der Waals surface area contributed by atoms with Crippen molar-refractivity contribution in [2.45, 2.75) is 32.6 Å². The number of aromatic nitrogens is 2. The summed E-state index contributed by atoms with van der Waals surface area (Å²) < 4.78 is 1.98. The Labute approximate surface area is 116 Å². The van der Waals surface area contributed by atoms with Crippen molar-refractivity contribution < 1.29 is 0 Å². The minimum absolute atomic E-state index is 0.440. The van der Waals surface area contributed by atoms with Gasteiger partial charge in [-0.3, -0.25) is 4.68 Å². The first-order valence-corrected chi connectivity index (χ1v) is 10.0. The van der Waals surface area contributed by atoms with Crippen LogP contribution in [0.1, 0.15) is 6.92 Å². The van der Waals surface area contributed by atoms with Crippen LogP contribution in [0.15, 0.2) is 48.8 Å². The topological polar surface area (TPSA) is 29.9 Å². The van der Waals surface area contributed by atoms with Crippen molar-refractivity contribution in [1.82, 2.24) is 15.1 Å². The Morgan fingerprint density at radius 2 is 1.95 bits per heavy atom. The maximum atomic E-state index is 4.25. The van der Waals surface area contributed by atoms with Gasteiger partial charge in [0.15, 0.2) is 0 Å². The highest BCUT2D eigenvalue weighted by molar-refractivity contribution is 6.90. The summed E-state index contributed by atoms with van der Waals surface area (Å²) in [6.07, 6.45) is 4.94. The molecule has 1 aromatic heterocycles. The van der Waals surface area contributed by atoms with Gasteiger partial charge in [-0.15, -0.1) is 0 Å². The molecule has 1 heterocycles. The predicted octanol–water partition coefficient (Wildman–Crippen LogP) is 2.02. The molecule has 0 aliphatic rings. The van der Waals surface area contributed by atoms with Gasteiger partial charge in [-0.05, 0) is 19.2 Å². The number of benzene rings is 1. The molecular formula is C15H23N3Si. The third-order valence-electron chi connectivity index (χ3n) is 3.47. The van der Waals surface area contributed by atoms with Crippen LogP contribution in [0.25, 0.3) is 0 Å². The third kappa shape index (κ3) is 4.04. The predicted molar refractivity (Wildman–Crippen MR) is 83.2 cm³/mol. The lowest BCUT2D eigenvalue weighted by Crippen LogP contribution is -2.52. The molecule has 0 fully saturated rings. The maximum absolute atomic E-state index is 4.25. The van der Waals surface area contributed by atoms with Gasteiger partial charge in [0.05, 0.1) is 14.6 Å². The van der Waals surface area contributed by atoms with Crippen LogP contribution in [0.3, 0.4) is 0 Å². The van der Waals surface area contributed by atoms with Gasteiger partial charge < -0.3 is 5.32 Å². The molecular weight excluding hydrogens is 250 g/mol. The van der Waals surface area contributed by atoms with Crippen molar-refractivity contribution in [2.24, 2.45) is 0 Å². The highest BCUT2D eigenvalue weighted by Crippen LogP contribution is 2.02. The molecule has 3 nitrogen and oxygen atoms in total. The summed E-state index contributed by atoms with van der Waals surface area (Å²) in [6.45, 7) is 7.97. The maximum Gasteiger partial charge on any atom is 0.0945 e. The highest BCUT2D eigenvalue weighted by atomic mass is 28.3. The summed E-state index contributed by atoms with van der Waals surface area (Å²) in [4.78, 5) is 0. The van der Waals surface area contributed by atoms with E-state index in [1.54, 1.807) is 0 Å². The normalized spacial score (nSPS) is 13.4. The minimum Gasteiger partial charge on any atom is -0.315 e. The van der Waals surface area contributed by atoms with E-state index in [2.05, 4.69) is 60.8 Å². The van der Waals surface area contributed by atoms with Crippen LogP contribution in [-0.2, 0) is 6.54 Å². The summed E-state index contributed by atoms with van der Waals surface area (Å²) in [6, 6.07) is 13.3. The van der Waals surface area contributed by atoms with Crippen LogP contribution in [0.5, 0.6) is 0 Å². The number of rotatable bonds is 6. The van der Waals surface area contributed by atoms with E-state index in [0.717, 1.165) is 12.7 Å². The van der Waals surface area contributed by atoms with Gasteiger partial charge in [-0.25, -0.2) is 0 Å². The molecule has 102 valence electrons. The van der Waals surface area contributed by atoms with Gasteiger partial charge in [0.2, 0.25) is 0 Å². The second kappa shape index (κ2) is 6.17. The Kier molecular flexibility index (Phi) is 4.55. The van der Waals surface area contributed by atoms with E-state index < -0.39 is 8.07 Å². The zero-order chi connectivity index (χ0) is 13.7. The first-order chi connectivity index (χ1) is 9.08. The van der Waals surface area contributed by atoms with Crippen LogP contribution in [-0.4, -0.2) is 30.1 Å². The highest BCUT2D eigenvalue weighted by Gasteiger charge is 2.23. The van der Waals surface area contributed by atoms with Crippen molar-refractivity contribution in [1.29, 1.82) is 0 Å². The summed E-state index contributed by atoms with van der Waals surface area (Å²) in [5.41, 5.74) is 0. The lowest BCUT2D eigenvalue weighted by atomic mass is 10.3. The van der Waals surface area contributed by atoms with E-state index in [4.69, 9.17) is 0 Å². The molecule has 1 N–H and O–H groups in total. The molecule has 0 saturated carbocycles. The molecule has 0 aliphatic carbocycles. The Bertz CT molecular complexity index is 479. The Morgan fingerprint density at radius 1 is 1.21 bits per heavy atom. The Hall–Kier alpha value is -1.39. The molecule has 0 radical (unpaired) electrons. The number of hydrogen-bond acceptors (Lipinski definition) is 2. The van der Waals surface area contributed by atoms with Gasteiger partial charge in [0, 0.05) is 18.4 Å². The molecule has 0 saturated heterocycles. The summed E-state index contributed by atoms with van der Waals surface area (Å²) in [5.74, 6) is 0. The van der Waals surface area contributed by atoms with Crippen molar-refractivity contribution in [2.75, 3.05) is 6.17 Å². The molecule has 0 spiro atoms. The van der Waals surface area contributed by atoms with E-state index >= 15 is 0 Å². The minimum atomic E-state index is -1.38. The molecule has 4 heteroatoms. The monoisotopic (exact) mass is 273 g/mol. The summed E-state index contributed by atoms with van der Waals surface area (Å²) in [7, 11) is -1.38. The Balaban J connectivity index is 1.87. The van der Waals surface area contributed by atoms with Crippen LogP contribution in [0.2, 0.25) is 13.1 Å².